The molecule has 0 radical (unpaired) electrons. The van der Waals surface area contributed by atoms with Crippen molar-refractivity contribution < 1.29 is 4.39 Å². The number of nitrogens with two attached hydrogens (primary N) is 1. The fourth-order valence-corrected chi connectivity index (χ4v) is 3.95. The number of aromatic nitrogens is 3. The van der Waals surface area contributed by atoms with Gasteiger partial charge in [0.25, 0.3) is 0 Å². The zero-order valence-electron chi connectivity index (χ0n) is 17.0. The number of nitrogens with zero attached hydrogens (tertiary/aromatic N) is 4. The molecule has 0 unspecified atom stereocenters. The van der Waals surface area contributed by atoms with Crippen LogP contribution in [0.3, 0.4) is 0 Å². The number of benzene rings is 1. The van der Waals surface area contributed by atoms with Gasteiger partial charge in [-0.1, -0.05) is 12.1 Å². The highest BCUT2D eigenvalue weighted by Gasteiger charge is 2.24. The molecule has 7 heteroatoms. The Morgan fingerprint density at radius 2 is 2.27 bits per heavy atom. The fraction of sp³-hybridized carbons (Fsp3) is 0.261. The van der Waals surface area contributed by atoms with Crippen LogP contribution >= 0.6 is 0 Å². The number of rotatable bonds is 6. The van der Waals surface area contributed by atoms with E-state index in [0.29, 0.717) is 23.7 Å². The topological polar surface area (TPSA) is 83.2 Å². The Bertz CT molecular complexity index is 1130. The second kappa shape index (κ2) is 8.59. The van der Waals surface area contributed by atoms with Crippen molar-refractivity contribution in [1.82, 2.24) is 20.1 Å². The first kappa shape index (κ1) is 20.0. The average molecular weight is 404 g/mol. The first-order valence-electron chi connectivity index (χ1n) is 10.00. The predicted octanol–water partition coefficient (Wildman–Crippen LogP) is 3.99. The van der Waals surface area contributed by atoms with Gasteiger partial charge in [0.15, 0.2) is 0 Å². The van der Waals surface area contributed by atoms with E-state index >= 15 is 0 Å². The predicted molar refractivity (Wildman–Crippen MR) is 119 cm³/mol. The molecule has 1 aliphatic heterocycles. The van der Waals surface area contributed by atoms with Crippen molar-refractivity contribution >= 4 is 23.2 Å². The van der Waals surface area contributed by atoms with E-state index in [9.17, 15) is 4.39 Å². The minimum atomic E-state index is -0.304. The molecule has 3 aromatic rings. The molecule has 4 rings (SSSR count). The van der Waals surface area contributed by atoms with Crippen LogP contribution in [0.4, 0.5) is 4.39 Å². The lowest BCUT2D eigenvalue weighted by molar-refractivity contribution is 0.418. The van der Waals surface area contributed by atoms with Crippen LogP contribution < -0.4 is 5.73 Å². The molecule has 1 aliphatic rings. The molecule has 2 aromatic heterocycles. The Hall–Kier alpha value is -3.32. The summed E-state index contributed by atoms with van der Waals surface area (Å²) in [4.78, 5) is 10.8. The summed E-state index contributed by atoms with van der Waals surface area (Å²) in [6, 6.07) is 8.61. The molecule has 3 heterocycles. The molecule has 0 saturated carbocycles. The summed E-state index contributed by atoms with van der Waals surface area (Å²) in [7, 11) is 0. The number of halogens is 1. The molecule has 1 aromatic carbocycles. The fourth-order valence-electron chi connectivity index (χ4n) is 3.95. The Labute approximate surface area is 175 Å². The van der Waals surface area contributed by atoms with E-state index in [1.807, 2.05) is 19.1 Å². The maximum atomic E-state index is 14.4. The van der Waals surface area contributed by atoms with E-state index in [-0.39, 0.29) is 5.82 Å². The molecule has 6 nitrogen and oxygen atoms in total. The zero-order valence-corrected chi connectivity index (χ0v) is 17.0. The van der Waals surface area contributed by atoms with Crippen molar-refractivity contribution in [3.05, 3.63) is 66.0 Å². The highest BCUT2D eigenvalue weighted by atomic mass is 19.1. The highest BCUT2D eigenvalue weighted by molar-refractivity contribution is 5.94. The van der Waals surface area contributed by atoms with E-state index in [1.165, 1.54) is 6.07 Å². The van der Waals surface area contributed by atoms with Gasteiger partial charge in [-0.3, -0.25) is 15.1 Å². The first-order chi connectivity index (χ1) is 14.6. The molecule has 0 bridgehead atoms. The van der Waals surface area contributed by atoms with Crippen LogP contribution in [0.1, 0.15) is 19.0 Å². The number of likely N-dealkylation sites (tertiary alicyclic amines) is 1. The van der Waals surface area contributed by atoms with Crippen molar-refractivity contribution in [2.45, 2.75) is 13.3 Å². The number of fused-ring (bicyclic) bond motifs is 1. The van der Waals surface area contributed by atoms with Gasteiger partial charge in [0.1, 0.15) is 11.5 Å². The van der Waals surface area contributed by atoms with Gasteiger partial charge < -0.3 is 10.6 Å². The van der Waals surface area contributed by atoms with Gasteiger partial charge >= 0.3 is 0 Å². The van der Waals surface area contributed by atoms with Gasteiger partial charge in [0, 0.05) is 35.9 Å². The third kappa shape index (κ3) is 3.76. The SMILES string of the molecule is C=N/C=C\C(=C(/C)c1cc2c(-c3ccccc3F)n[nH]c2cn1)N1CC[C@@H](CN)C1. The van der Waals surface area contributed by atoms with Crippen LogP contribution in [0.2, 0.25) is 0 Å². The molecule has 1 fully saturated rings. The van der Waals surface area contributed by atoms with Gasteiger partial charge in [0.2, 0.25) is 0 Å². The summed E-state index contributed by atoms with van der Waals surface area (Å²) in [6.45, 7) is 8.10. The Balaban J connectivity index is 1.80. The van der Waals surface area contributed by atoms with E-state index in [1.54, 1.807) is 30.6 Å². The molecule has 30 heavy (non-hydrogen) atoms. The van der Waals surface area contributed by atoms with Gasteiger partial charge in [-0.2, -0.15) is 5.10 Å². The van der Waals surface area contributed by atoms with Crippen LogP contribution in [0.15, 0.2) is 59.5 Å². The number of aromatic amines is 1. The Morgan fingerprint density at radius 3 is 3.00 bits per heavy atom. The number of hydrogen-bond acceptors (Lipinski definition) is 5. The number of allylic oxidation sites excluding steroid dienone is 2. The number of hydrogen-bond donors (Lipinski definition) is 2. The Kier molecular flexibility index (Phi) is 5.72. The summed E-state index contributed by atoms with van der Waals surface area (Å²) >= 11 is 0. The van der Waals surface area contributed by atoms with Crippen molar-refractivity contribution in [1.29, 1.82) is 0 Å². The second-order valence-corrected chi connectivity index (χ2v) is 7.51. The lowest BCUT2D eigenvalue weighted by atomic mass is 10.0. The standard InChI is InChI=1S/C23H25FN6/c1-15(22(7-9-26-2)30-10-8-16(12-25)14-30)20-11-18-21(13-27-20)28-29-23(18)17-5-3-4-6-19(17)24/h3-7,9,11,13,16H,2,8,10,12,14,25H2,1H3,(H,28,29)/b9-7-,22-15-/t16-/m0/s1. The molecular formula is C23H25FN6. The zero-order chi connectivity index (χ0) is 21.1. The van der Waals surface area contributed by atoms with Gasteiger partial charge in [-0.25, -0.2) is 4.39 Å². The number of H-pyrrole nitrogens is 1. The molecule has 0 aliphatic carbocycles. The Morgan fingerprint density at radius 1 is 1.43 bits per heavy atom. The summed E-state index contributed by atoms with van der Waals surface area (Å²) in [5.74, 6) is 0.178. The molecule has 1 atom stereocenters. The average Bonchev–Trinajstić information content (AvgIpc) is 3.41. The largest absolute Gasteiger partial charge is 0.371 e. The monoisotopic (exact) mass is 404 g/mol. The maximum absolute atomic E-state index is 14.4. The quantitative estimate of drug-likeness (QED) is 0.481. The second-order valence-electron chi connectivity index (χ2n) is 7.51. The van der Waals surface area contributed by atoms with Crippen molar-refractivity contribution in [2.24, 2.45) is 16.6 Å². The van der Waals surface area contributed by atoms with Crippen LogP contribution in [-0.4, -0.2) is 46.4 Å². The lowest BCUT2D eigenvalue weighted by Crippen LogP contribution is -2.22. The minimum absolute atomic E-state index is 0.304. The third-order valence-electron chi connectivity index (χ3n) is 5.64. The minimum Gasteiger partial charge on any atom is -0.371 e. The molecule has 154 valence electrons. The lowest BCUT2D eigenvalue weighted by Gasteiger charge is -2.22. The smallest absolute Gasteiger partial charge is 0.132 e. The summed E-state index contributed by atoms with van der Waals surface area (Å²) in [5.41, 5.74) is 10.5. The number of aliphatic imine (C=N–C) groups is 1. The van der Waals surface area contributed by atoms with Crippen LogP contribution in [0.5, 0.6) is 0 Å². The highest BCUT2D eigenvalue weighted by Crippen LogP contribution is 2.31. The van der Waals surface area contributed by atoms with Crippen LogP contribution in [0, 0.1) is 11.7 Å². The molecule has 0 spiro atoms. The molecule has 1 saturated heterocycles. The molecular weight excluding hydrogens is 379 g/mol. The van der Waals surface area contributed by atoms with Crippen LogP contribution in [0.25, 0.3) is 27.7 Å². The van der Waals surface area contributed by atoms with E-state index in [2.05, 4.69) is 31.8 Å². The maximum Gasteiger partial charge on any atom is 0.132 e. The first-order valence-corrected chi connectivity index (χ1v) is 10.00. The number of nitrogens with one attached hydrogen (secondary N) is 1. The van der Waals surface area contributed by atoms with Crippen LogP contribution in [-0.2, 0) is 0 Å². The normalized spacial score (nSPS) is 17.7. The van der Waals surface area contributed by atoms with Crippen molar-refractivity contribution in [3.8, 4) is 11.3 Å². The van der Waals surface area contributed by atoms with Gasteiger partial charge in [-0.05, 0) is 62.4 Å². The van der Waals surface area contributed by atoms with Crippen molar-refractivity contribution in [2.75, 3.05) is 19.6 Å². The van der Waals surface area contributed by atoms with Crippen molar-refractivity contribution in [3.63, 3.8) is 0 Å². The van der Waals surface area contributed by atoms with Gasteiger partial charge in [0.05, 0.1) is 17.4 Å². The summed E-state index contributed by atoms with van der Waals surface area (Å²) in [5, 5.41) is 8.12. The van der Waals surface area contributed by atoms with E-state index < -0.39 is 0 Å². The number of pyridine rings is 1. The van der Waals surface area contributed by atoms with E-state index in [4.69, 9.17) is 5.73 Å². The summed E-state index contributed by atoms with van der Waals surface area (Å²) < 4.78 is 14.4. The third-order valence-corrected chi connectivity index (χ3v) is 5.64. The van der Waals surface area contributed by atoms with Gasteiger partial charge in [-0.15, -0.1) is 0 Å². The summed E-state index contributed by atoms with van der Waals surface area (Å²) in [6.07, 6.45) is 6.45. The molecule has 3 N–H and O–H groups in total. The van der Waals surface area contributed by atoms with E-state index in [0.717, 1.165) is 47.4 Å². The molecule has 0 amide bonds.